The second-order valence-corrected chi connectivity index (χ2v) is 6.15. The van der Waals surface area contributed by atoms with Crippen LogP contribution in [0.15, 0.2) is 54.7 Å². The predicted molar refractivity (Wildman–Crippen MR) is 95.8 cm³/mol. The Bertz CT molecular complexity index is 850. The first kappa shape index (κ1) is 14.9. The number of nitrogens with one attached hydrogen (secondary N) is 1. The van der Waals surface area contributed by atoms with Gasteiger partial charge >= 0.3 is 0 Å². The van der Waals surface area contributed by atoms with Gasteiger partial charge in [0.25, 0.3) is 0 Å². The van der Waals surface area contributed by atoms with Crippen molar-refractivity contribution >= 4 is 29.1 Å². The molecule has 1 aliphatic heterocycles. The number of nitrogens with zero attached hydrogens (tertiary/aromatic N) is 4. The molecule has 0 aliphatic carbocycles. The van der Waals surface area contributed by atoms with E-state index in [9.17, 15) is 0 Å². The van der Waals surface area contributed by atoms with Crippen LogP contribution in [0.3, 0.4) is 0 Å². The van der Waals surface area contributed by atoms with Gasteiger partial charge < -0.3 is 10.2 Å². The van der Waals surface area contributed by atoms with Crippen molar-refractivity contribution in [1.82, 2.24) is 15.2 Å². The quantitative estimate of drug-likeness (QED) is 0.787. The molecule has 0 amide bonds. The van der Waals surface area contributed by atoms with Crippen LogP contribution < -0.4 is 10.2 Å². The van der Waals surface area contributed by atoms with Crippen LogP contribution in [0.1, 0.15) is 11.1 Å². The smallest absolute Gasteiger partial charge is 0.249 e. The van der Waals surface area contributed by atoms with E-state index in [1.807, 2.05) is 24.3 Å². The molecule has 4 rings (SSSR count). The summed E-state index contributed by atoms with van der Waals surface area (Å²) < 4.78 is 0. The molecule has 0 saturated heterocycles. The van der Waals surface area contributed by atoms with Gasteiger partial charge in [-0.25, -0.2) is 0 Å². The fraction of sp³-hybridized carbons (Fsp3) is 0.167. The fourth-order valence-corrected chi connectivity index (χ4v) is 2.98. The lowest BCUT2D eigenvalue weighted by molar-refractivity contribution is 0.715. The minimum Gasteiger partial charge on any atom is -0.350 e. The first-order chi connectivity index (χ1) is 11.8. The van der Waals surface area contributed by atoms with Crippen molar-refractivity contribution in [1.29, 1.82) is 0 Å². The van der Waals surface area contributed by atoms with E-state index in [0.29, 0.717) is 11.0 Å². The average molecular weight is 338 g/mol. The Balaban J connectivity index is 1.54. The minimum atomic E-state index is 0.480. The molecule has 0 unspecified atom stereocenters. The summed E-state index contributed by atoms with van der Waals surface area (Å²) in [4.78, 5) is 6.82. The van der Waals surface area contributed by atoms with E-state index in [0.717, 1.165) is 31.0 Å². The van der Waals surface area contributed by atoms with Gasteiger partial charge in [0.1, 0.15) is 0 Å². The molecule has 2 aromatic carbocycles. The van der Waals surface area contributed by atoms with Crippen LogP contribution in [0.4, 0.5) is 17.5 Å². The van der Waals surface area contributed by atoms with E-state index in [2.05, 4.69) is 49.7 Å². The normalized spacial score (nSPS) is 13.5. The van der Waals surface area contributed by atoms with E-state index in [4.69, 9.17) is 11.6 Å². The molecule has 24 heavy (non-hydrogen) atoms. The van der Waals surface area contributed by atoms with Crippen molar-refractivity contribution in [2.24, 2.45) is 0 Å². The standard InChI is InChI=1S/C18H16ClN5/c19-15-5-7-16(8-6-15)21-18-22-17(11-20-23-18)24-10-9-13-3-1-2-4-14(13)12-24/h1-8,11H,9-10,12H2,(H,21,22,23). The van der Waals surface area contributed by atoms with Gasteiger partial charge in [0.15, 0.2) is 5.82 Å². The Morgan fingerprint density at radius 3 is 2.62 bits per heavy atom. The number of halogens is 1. The Morgan fingerprint density at radius 2 is 1.79 bits per heavy atom. The zero-order chi connectivity index (χ0) is 16.4. The lowest BCUT2D eigenvalue weighted by Gasteiger charge is -2.29. The third kappa shape index (κ3) is 3.16. The molecular formula is C18H16ClN5. The van der Waals surface area contributed by atoms with E-state index in [1.54, 1.807) is 6.20 Å². The maximum Gasteiger partial charge on any atom is 0.249 e. The molecule has 0 spiro atoms. The molecule has 0 atom stereocenters. The van der Waals surface area contributed by atoms with Crippen molar-refractivity contribution in [3.8, 4) is 0 Å². The molecule has 2 heterocycles. The van der Waals surface area contributed by atoms with Gasteiger partial charge in [-0.15, -0.1) is 5.10 Å². The van der Waals surface area contributed by atoms with Crippen molar-refractivity contribution in [3.05, 3.63) is 70.9 Å². The maximum atomic E-state index is 5.90. The van der Waals surface area contributed by atoms with Gasteiger partial charge in [0, 0.05) is 23.8 Å². The van der Waals surface area contributed by atoms with Crippen LogP contribution in [0.5, 0.6) is 0 Å². The summed E-state index contributed by atoms with van der Waals surface area (Å²) in [7, 11) is 0. The number of aromatic nitrogens is 3. The van der Waals surface area contributed by atoms with Crippen LogP contribution in [0.2, 0.25) is 5.02 Å². The first-order valence-corrected chi connectivity index (χ1v) is 8.20. The van der Waals surface area contributed by atoms with E-state index >= 15 is 0 Å². The van der Waals surface area contributed by atoms with E-state index in [1.165, 1.54) is 11.1 Å². The van der Waals surface area contributed by atoms with Gasteiger partial charge in [-0.2, -0.15) is 10.1 Å². The third-order valence-corrected chi connectivity index (χ3v) is 4.35. The van der Waals surface area contributed by atoms with E-state index < -0.39 is 0 Å². The van der Waals surface area contributed by atoms with Crippen LogP contribution >= 0.6 is 11.6 Å². The van der Waals surface area contributed by atoms with Crippen LogP contribution in [0, 0.1) is 0 Å². The summed E-state index contributed by atoms with van der Waals surface area (Å²) in [6.45, 7) is 1.77. The minimum absolute atomic E-state index is 0.480. The maximum absolute atomic E-state index is 5.90. The Labute approximate surface area is 145 Å². The molecule has 1 aromatic heterocycles. The van der Waals surface area contributed by atoms with Gasteiger partial charge in [-0.1, -0.05) is 35.9 Å². The lowest BCUT2D eigenvalue weighted by atomic mass is 10.0. The van der Waals surface area contributed by atoms with Gasteiger partial charge in [-0.05, 0) is 41.8 Å². The summed E-state index contributed by atoms with van der Waals surface area (Å²) >= 11 is 5.90. The Hall–Kier alpha value is -2.66. The molecule has 120 valence electrons. The Morgan fingerprint density at radius 1 is 1.00 bits per heavy atom. The van der Waals surface area contributed by atoms with Crippen molar-refractivity contribution < 1.29 is 0 Å². The van der Waals surface area contributed by atoms with Gasteiger partial charge in [0.2, 0.25) is 5.95 Å². The van der Waals surface area contributed by atoms with Crippen molar-refractivity contribution in [3.63, 3.8) is 0 Å². The highest BCUT2D eigenvalue weighted by molar-refractivity contribution is 6.30. The molecule has 1 N–H and O–H groups in total. The molecule has 3 aromatic rings. The zero-order valence-corrected chi connectivity index (χ0v) is 13.7. The largest absolute Gasteiger partial charge is 0.350 e. The number of benzene rings is 2. The molecule has 0 radical (unpaired) electrons. The summed E-state index contributed by atoms with van der Waals surface area (Å²) in [5.41, 5.74) is 3.63. The highest BCUT2D eigenvalue weighted by Crippen LogP contribution is 2.23. The van der Waals surface area contributed by atoms with Crippen LogP contribution in [-0.2, 0) is 13.0 Å². The summed E-state index contributed by atoms with van der Waals surface area (Å²) in [6.07, 6.45) is 2.72. The predicted octanol–water partition coefficient (Wildman–Crippen LogP) is 3.83. The second-order valence-electron chi connectivity index (χ2n) is 5.71. The zero-order valence-electron chi connectivity index (χ0n) is 13.0. The van der Waals surface area contributed by atoms with Crippen molar-refractivity contribution in [2.75, 3.05) is 16.8 Å². The highest BCUT2D eigenvalue weighted by atomic mass is 35.5. The molecule has 1 aliphatic rings. The van der Waals surface area contributed by atoms with Gasteiger partial charge in [0.05, 0.1) is 6.20 Å². The summed E-state index contributed by atoms with van der Waals surface area (Å²) in [5.74, 6) is 1.31. The lowest BCUT2D eigenvalue weighted by Crippen LogP contribution is -2.31. The van der Waals surface area contributed by atoms with Crippen LogP contribution in [-0.4, -0.2) is 21.7 Å². The number of hydrogen-bond donors (Lipinski definition) is 1. The Kier molecular flexibility index (Phi) is 4.01. The molecule has 0 saturated carbocycles. The summed E-state index contributed by atoms with van der Waals surface area (Å²) in [6, 6.07) is 15.9. The fourth-order valence-electron chi connectivity index (χ4n) is 2.85. The number of anilines is 3. The third-order valence-electron chi connectivity index (χ3n) is 4.10. The first-order valence-electron chi connectivity index (χ1n) is 7.82. The van der Waals surface area contributed by atoms with Crippen LogP contribution in [0.25, 0.3) is 0 Å². The number of hydrogen-bond acceptors (Lipinski definition) is 5. The van der Waals surface area contributed by atoms with Gasteiger partial charge in [-0.3, -0.25) is 0 Å². The SMILES string of the molecule is Clc1ccc(Nc2nncc(N3CCc4ccccc4C3)n2)cc1. The molecule has 0 bridgehead atoms. The topological polar surface area (TPSA) is 53.9 Å². The summed E-state index contributed by atoms with van der Waals surface area (Å²) in [5, 5.41) is 12.0. The average Bonchev–Trinajstić information content (AvgIpc) is 2.63. The molecule has 5 nitrogen and oxygen atoms in total. The molecule has 6 heteroatoms. The monoisotopic (exact) mass is 337 g/mol. The number of fused-ring (bicyclic) bond motifs is 1. The molecular weight excluding hydrogens is 322 g/mol. The van der Waals surface area contributed by atoms with Crippen molar-refractivity contribution in [2.45, 2.75) is 13.0 Å². The second kappa shape index (κ2) is 6.45. The molecule has 0 fully saturated rings. The number of rotatable bonds is 3. The highest BCUT2D eigenvalue weighted by Gasteiger charge is 2.17. The van der Waals surface area contributed by atoms with E-state index in [-0.39, 0.29) is 0 Å².